The number of sulfonamides is 1. The lowest BCUT2D eigenvalue weighted by molar-refractivity contribution is -0.138. The van der Waals surface area contributed by atoms with E-state index >= 15 is 0 Å². The van der Waals surface area contributed by atoms with E-state index in [2.05, 4.69) is 4.72 Å². The SMILES string of the molecule is CCC(CNS(=O)(=O)c1cc(C)sc1C)CC(=O)O. The van der Waals surface area contributed by atoms with E-state index in [9.17, 15) is 13.2 Å². The van der Waals surface area contributed by atoms with Gasteiger partial charge in [0.25, 0.3) is 0 Å². The van der Waals surface area contributed by atoms with Crippen LogP contribution in [0.1, 0.15) is 29.5 Å². The Morgan fingerprint density at radius 2 is 2.11 bits per heavy atom. The molecule has 0 saturated carbocycles. The van der Waals surface area contributed by atoms with Crippen LogP contribution in [0.4, 0.5) is 0 Å². The van der Waals surface area contributed by atoms with E-state index in [0.29, 0.717) is 11.3 Å². The molecule has 0 amide bonds. The van der Waals surface area contributed by atoms with E-state index in [1.807, 2.05) is 13.8 Å². The van der Waals surface area contributed by atoms with Crippen molar-refractivity contribution >= 4 is 27.3 Å². The third-order valence-corrected chi connectivity index (χ3v) is 5.53. The van der Waals surface area contributed by atoms with Crippen molar-refractivity contribution in [2.24, 2.45) is 5.92 Å². The summed E-state index contributed by atoms with van der Waals surface area (Å²) < 4.78 is 26.7. The first-order valence-electron chi connectivity index (χ1n) is 6.04. The third-order valence-electron chi connectivity index (χ3n) is 2.89. The van der Waals surface area contributed by atoms with E-state index < -0.39 is 16.0 Å². The first-order valence-corrected chi connectivity index (χ1v) is 8.34. The minimum Gasteiger partial charge on any atom is -0.481 e. The molecule has 19 heavy (non-hydrogen) atoms. The highest BCUT2D eigenvalue weighted by atomic mass is 32.2. The van der Waals surface area contributed by atoms with Gasteiger partial charge >= 0.3 is 5.97 Å². The van der Waals surface area contributed by atoms with Gasteiger partial charge < -0.3 is 5.11 Å². The normalized spacial score (nSPS) is 13.4. The van der Waals surface area contributed by atoms with Crippen LogP contribution in [0.2, 0.25) is 0 Å². The molecule has 1 heterocycles. The Balaban J connectivity index is 2.75. The van der Waals surface area contributed by atoms with Gasteiger partial charge in [-0.05, 0) is 25.8 Å². The largest absolute Gasteiger partial charge is 0.481 e. The van der Waals surface area contributed by atoms with Gasteiger partial charge in [0.1, 0.15) is 0 Å². The van der Waals surface area contributed by atoms with Gasteiger partial charge in [-0.1, -0.05) is 13.3 Å². The Hall–Kier alpha value is -0.920. The maximum Gasteiger partial charge on any atom is 0.303 e. The smallest absolute Gasteiger partial charge is 0.303 e. The van der Waals surface area contributed by atoms with Crippen LogP contribution in [-0.4, -0.2) is 26.0 Å². The molecule has 0 radical (unpaired) electrons. The van der Waals surface area contributed by atoms with Crippen LogP contribution < -0.4 is 4.72 Å². The number of rotatable bonds is 7. The van der Waals surface area contributed by atoms with Crippen molar-refractivity contribution in [3.63, 3.8) is 0 Å². The van der Waals surface area contributed by atoms with E-state index in [-0.39, 0.29) is 18.9 Å². The van der Waals surface area contributed by atoms with Crippen molar-refractivity contribution in [1.82, 2.24) is 4.72 Å². The van der Waals surface area contributed by atoms with E-state index in [0.717, 1.165) is 9.75 Å². The Kier molecular flexibility index (Phi) is 5.51. The van der Waals surface area contributed by atoms with Crippen molar-refractivity contribution < 1.29 is 18.3 Å². The highest BCUT2D eigenvalue weighted by Gasteiger charge is 2.21. The summed E-state index contributed by atoms with van der Waals surface area (Å²) in [5.41, 5.74) is 0. The van der Waals surface area contributed by atoms with Gasteiger partial charge in [-0.25, -0.2) is 13.1 Å². The zero-order chi connectivity index (χ0) is 14.6. The standard InChI is InChI=1S/C12H19NO4S2/c1-4-10(6-12(14)15)7-13-19(16,17)11-5-8(2)18-9(11)3/h5,10,13H,4,6-7H2,1-3H3,(H,14,15). The van der Waals surface area contributed by atoms with Gasteiger partial charge in [0.15, 0.2) is 0 Å². The van der Waals surface area contributed by atoms with Gasteiger partial charge in [-0.2, -0.15) is 0 Å². The molecule has 0 aliphatic rings. The monoisotopic (exact) mass is 305 g/mol. The lowest BCUT2D eigenvalue weighted by atomic mass is 10.0. The Morgan fingerprint density at radius 1 is 1.47 bits per heavy atom. The van der Waals surface area contributed by atoms with Gasteiger partial charge in [-0.15, -0.1) is 11.3 Å². The number of carboxylic acid groups (broad SMARTS) is 1. The van der Waals surface area contributed by atoms with E-state index in [1.54, 1.807) is 13.0 Å². The van der Waals surface area contributed by atoms with Crippen LogP contribution in [0.5, 0.6) is 0 Å². The van der Waals surface area contributed by atoms with Crippen molar-refractivity contribution in [2.75, 3.05) is 6.54 Å². The number of nitrogens with one attached hydrogen (secondary N) is 1. The second kappa shape index (κ2) is 6.49. The summed E-state index contributed by atoms with van der Waals surface area (Å²) in [5.74, 6) is -1.10. The van der Waals surface area contributed by atoms with Crippen molar-refractivity contribution in [1.29, 1.82) is 0 Å². The fourth-order valence-electron chi connectivity index (χ4n) is 1.79. The van der Waals surface area contributed by atoms with E-state index in [4.69, 9.17) is 5.11 Å². The molecule has 2 N–H and O–H groups in total. The molecule has 7 heteroatoms. The van der Waals surface area contributed by atoms with Crippen molar-refractivity contribution in [3.05, 3.63) is 15.8 Å². The molecule has 1 aromatic heterocycles. The highest BCUT2D eigenvalue weighted by molar-refractivity contribution is 7.89. The van der Waals surface area contributed by atoms with Crippen LogP contribution in [0, 0.1) is 19.8 Å². The van der Waals surface area contributed by atoms with Crippen LogP contribution in [0.3, 0.4) is 0 Å². The quantitative estimate of drug-likeness (QED) is 0.808. The first kappa shape index (κ1) is 16.1. The molecular weight excluding hydrogens is 286 g/mol. The minimum absolute atomic E-state index is 0.0271. The summed E-state index contributed by atoms with van der Waals surface area (Å²) in [6.45, 7) is 5.62. The van der Waals surface area contributed by atoms with Gasteiger partial charge in [0.2, 0.25) is 10.0 Å². The Morgan fingerprint density at radius 3 is 2.53 bits per heavy atom. The third kappa shape index (κ3) is 4.59. The molecule has 0 spiro atoms. The number of carbonyl (C=O) groups is 1. The molecule has 1 rings (SSSR count). The highest BCUT2D eigenvalue weighted by Crippen LogP contribution is 2.24. The average Bonchev–Trinajstić information content (AvgIpc) is 2.64. The average molecular weight is 305 g/mol. The summed E-state index contributed by atoms with van der Waals surface area (Å²) in [5, 5.41) is 8.73. The maximum atomic E-state index is 12.1. The molecule has 1 atom stereocenters. The second-order valence-electron chi connectivity index (χ2n) is 4.50. The summed E-state index contributed by atoms with van der Waals surface area (Å²) in [4.78, 5) is 12.6. The number of hydrogen-bond acceptors (Lipinski definition) is 4. The van der Waals surface area contributed by atoms with Gasteiger partial charge in [0.05, 0.1) is 4.90 Å². The molecular formula is C12H19NO4S2. The van der Waals surface area contributed by atoms with Crippen molar-refractivity contribution in [3.8, 4) is 0 Å². The fourth-order valence-corrected chi connectivity index (χ4v) is 4.46. The summed E-state index contributed by atoms with van der Waals surface area (Å²) in [6, 6.07) is 1.64. The first-order chi connectivity index (χ1) is 8.76. The molecule has 0 saturated heterocycles. The molecule has 0 aliphatic heterocycles. The topological polar surface area (TPSA) is 83.5 Å². The van der Waals surface area contributed by atoms with Gasteiger partial charge in [-0.3, -0.25) is 4.79 Å². The molecule has 5 nitrogen and oxygen atoms in total. The molecule has 108 valence electrons. The minimum atomic E-state index is -3.54. The molecule has 1 aromatic rings. The molecule has 1 unspecified atom stereocenters. The number of hydrogen-bond donors (Lipinski definition) is 2. The zero-order valence-corrected chi connectivity index (χ0v) is 12.9. The Bertz CT molecular complexity index is 548. The lowest BCUT2D eigenvalue weighted by Crippen LogP contribution is -2.30. The lowest BCUT2D eigenvalue weighted by Gasteiger charge is -2.13. The number of aryl methyl sites for hydroxylation is 2. The van der Waals surface area contributed by atoms with Crippen LogP contribution in [0.15, 0.2) is 11.0 Å². The maximum absolute atomic E-state index is 12.1. The van der Waals surface area contributed by atoms with Crippen molar-refractivity contribution in [2.45, 2.75) is 38.5 Å². The second-order valence-corrected chi connectivity index (χ2v) is 7.70. The molecule has 0 aromatic carbocycles. The van der Waals surface area contributed by atoms with Gasteiger partial charge in [0, 0.05) is 22.7 Å². The zero-order valence-electron chi connectivity index (χ0n) is 11.3. The number of aliphatic carboxylic acids is 1. The summed E-state index contributed by atoms with van der Waals surface area (Å²) in [6.07, 6.45) is 0.594. The predicted octanol–water partition coefficient (Wildman–Crippen LogP) is 2.14. The fraction of sp³-hybridized carbons (Fsp3) is 0.583. The summed E-state index contributed by atoms with van der Waals surface area (Å²) >= 11 is 1.43. The van der Waals surface area contributed by atoms with E-state index in [1.165, 1.54) is 11.3 Å². The predicted molar refractivity (Wildman–Crippen MR) is 75.0 cm³/mol. The molecule has 0 fully saturated rings. The molecule has 0 bridgehead atoms. The number of thiophene rings is 1. The molecule has 0 aliphatic carbocycles. The van der Waals surface area contributed by atoms with Crippen LogP contribution in [-0.2, 0) is 14.8 Å². The van der Waals surface area contributed by atoms with Crippen LogP contribution >= 0.6 is 11.3 Å². The van der Waals surface area contributed by atoms with Crippen LogP contribution in [0.25, 0.3) is 0 Å². The Labute approximate surface area is 117 Å². The summed E-state index contributed by atoms with van der Waals surface area (Å²) in [7, 11) is -3.54. The number of carboxylic acids is 1.